The number of hydrogen-bond donors (Lipinski definition) is 2. The number of halogens is 4. The van der Waals surface area contributed by atoms with Gasteiger partial charge in [0.2, 0.25) is 0 Å². The molecule has 0 aliphatic rings. The minimum atomic E-state index is -4.09. The second-order valence-electron chi connectivity index (χ2n) is 3.36. The molecule has 0 bridgehead atoms. The molecule has 8 heteroatoms. The maximum Gasteiger partial charge on any atom is 0.324 e. The molecule has 1 rings (SSSR count). The van der Waals surface area contributed by atoms with E-state index in [2.05, 4.69) is 20.6 Å². The summed E-state index contributed by atoms with van der Waals surface area (Å²) in [5.41, 5.74) is 0.486. The van der Waals surface area contributed by atoms with Crippen LogP contribution in [0.15, 0.2) is 6.33 Å². The van der Waals surface area contributed by atoms with Gasteiger partial charge in [0.05, 0.1) is 6.54 Å². The van der Waals surface area contributed by atoms with Crippen LogP contribution >= 0.6 is 0 Å². The Hall–Kier alpha value is -1.60. The summed E-state index contributed by atoms with van der Waals surface area (Å²) >= 11 is 0. The smallest absolute Gasteiger partial charge is 0.324 e. The first-order valence-corrected chi connectivity index (χ1v) is 4.77. The number of anilines is 2. The zero-order valence-corrected chi connectivity index (χ0v) is 9.27. The molecule has 0 amide bonds. The van der Waals surface area contributed by atoms with Crippen molar-refractivity contribution in [1.82, 2.24) is 9.97 Å². The van der Waals surface area contributed by atoms with Gasteiger partial charge in [-0.1, -0.05) is 0 Å². The second kappa shape index (κ2) is 5.15. The average Bonchev–Trinajstić information content (AvgIpc) is 2.27. The standard InChI is InChI=1S/C9H12F4N4/c1-5-6(14-2)16-4-17-7(5)15-3-9(12,13)8(10)11/h4,8H,3H2,1-2H3,(H2,14,15,16,17). The molecular weight excluding hydrogens is 240 g/mol. The number of nitrogens with one attached hydrogen (secondary N) is 2. The summed E-state index contributed by atoms with van der Waals surface area (Å²) in [7, 11) is 1.60. The SMILES string of the molecule is CNc1ncnc(NCC(F)(F)C(F)F)c1C. The van der Waals surface area contributed by atoms with E-state index in [0.29, 0.717) is 11.4 Å². The van der Waals surface area contributed by atoms with Crippen LogP contribution in [0.2, 0.25) is 0 Å². The van der Waals surface area contributed by atoms with Crippen LogP contribution in [0.5, 0.6) is 0 Å². The van der Waals surface area contributed by atoms with E-state index in [9.17, 15) is 17.6 Å². The molecule has 0 unspecified atom stereocenters. The lowest BCUT2D eigenvalue weighted by Crippen LogP contribution is -2.35. The normalized spacial score (nSPS) is 11.7. The summed E-state index contributed by atoms with van der Waals surface area (Å²) in [6, 6.07) is 0. The third-order valence-corrected chi connectivity index (χ3v) is 2.13. The van der Waals surface area contributed by atoms with E-state index >= 15 is 0 Å². The average molecular weight is 252 g/mol. The number of rotatable bonds is 5. The van der Waals surface area contributed by atoms with Crippen molar-refractivity contribution in [3.8, 4) is 0 Å². The Bertz CT molecular complexity index is 383. The number of nitrogens with zero attached hydrogens (tertiary/aromatic N) is 2. The molecular formula is C9H12F4N4. The Morgan fingerprint density at radius 1 is 1.29 bits per heavy atom. The van der Waals surface area contributed by atoms with Crippen molar-refractivity contribution in [3.05, 3.63) is 11.9 Å². The number of hydrogen-bond acceptors (Lipinski definition) is 4. The van der Waals surface area contributed by atoms with E-state index in [-0.39, 0.29) is 5.82 Å². The van der Waals surface area contributed by atoms with Crippen molar-refractivity contribution in [1.29, 1.82) is 0 Å². The maximum atomic E-state index is 12.7. The van der Waals surface area contributed by atoms with E-state index in [1.807, 2.05) is 0 Å². The van der Waals surface area contributed by atoms with Gasteiger partial charge in [-0.25, -0.2) is 18.7 Å². The number of alkyl halides is 4. The highest BCUT2D eigenvalue weighted by atomic mass is 19.3. The Morgan fingerprint density at radius 2 is 1.88 bits per heavy atom. The number of aromatic nitrogens is 2. The Kier molecular flexibility index (Phi) is 4.08. The van der Waals surface area contributed by atoms with Gasteiger partial charge in [0.1, 0.15) is 18.0 Å². The second-order valence-corrected chi connectivity index (χ2v) is 3.36. The molecule has 1 heterocycles. The van der Waals surface area contributed by atoms with Crippen LogP contribution in [0, 0.1) is 6.92 Å². The molecule has 0 atom stereocenters. The van der Waals surface area contributed by atoms with Crippen molar-refractivity contribution in [2.24, 2.45) is 0 Å². The first kappa shape index (κ1) is 13.5. The van der Waals surface area contributed by atoms with Crippen LogP contribution in [-0.2, 0) is 0 Å². The van der Waals surface area contributed by atoms with E-state index in [1.54, 1.807) is 14.0 Å². The Labute approximate surface area is 95.5 Å². The van der Waals surface area contributed by atoms with Gasteiger partial charge in [0, 0.05) is 12.6 Å². The molecule has 0 saturated carbocycles. The zero-order chi connectivity index (χ0) is 13.1. The Balaban J connectivity index is 2.76. The highest BCUT2D eigenvalue weighted by Gasteiger charge is 2.40. The summed E-state index contributed by atoms with van der Waals surface area (Å²) < 4.78 is 49.2. The van der Waals surface area contributed by atoms with Gasteiger partial charge in [-0.2, -0.15) is 8.78 Å². The highest BCUT2D eigenvalue weighted by Crippen LogP contribution is 2.24. The largest absolute Gasteiger partial charge is 0.373 e. The molecule has 0 saturated heterocycles. The summed E-state index contributed by atoms with van der Waals surface area (Å²) in [5.74, 6) is -3.54. The van der Waals surface area contributed by atoms with Crippen LogP contribution < -0.4 is 10.6 Å². The molecule has 4 nitrogen and oxygen atoms in total. The lowest BCUT2D eigenvalue weighted by molar-refractivity contribution is -0.117. The van der Waals surface area contributed by atoms with Gasteiger partial charge < -0.3 is 10.6 Å². The molecule has 0 aliphatic carbocycles. The molecule has 1 aromatic heterocycles. The van der Waals surface area contributed by atoms with Crippen LogP contribution in [-0.4, -0.2) is 35.9 Å². The van der Waals surface area contributed by atoms with Gasteiger partial charge in [0.25, 0.3) is 0 Å². The molecule has 1 aromatic rings. The van der Waals surface area contributed by atoms with Crippen molar-refractivity contribution in [2.45, 2.75) is 19.3 Å². The zero-order valence-electron chi connectivity index (χ0n) is 9.27. The molecule has 0 aliphatic heterocycles. The van der Waals surface area contributed by atoms with Crippen LogP contribution in [0.25, 0.3) is 0 Å². The first-order valence-electron chi connectivity index (χ1n) is 4.77. The van der Waals surface area contributed by atoms with Crippen molar-refractivity contribution < 1.29 is 17.6 Å². The molecule has 2 N–H and O–H groups in total. The third-order valence-electron chi connectivity index (χ3n) is 2.13. The minimum absolute atomic E-state index is 0.102. The lowest BCUT2D eigenvalue weighted by atomic mass is 10.3. The van der Waals surface area contributed by atoms with Crippen LogP contribution in [0.4, 0.5) is 29.2 Å². The van der Waals surface area contributed by atoms with Crippen molar-refractivity contribution in [2.75, 3.05) is 24.2 Å². The fourth-order valence-corrected chi connectivity index (χ4v) is 1.16. The van der Waals surface area contributed by atoms with E-state index in [1.165, 1.54) is 0 Å². The van der Waals surface area contributed by atoms with Crippen LogP contribution in [0.1, 0.15) is 5.56 Å². The predicted octanol–water partition coefficient (Wildman–Crippen LogP) is 2.14. The third kappa shape index (κ3) is 3.18. The molecule has 96 valence electrons. The lowest BCUT2D eigenvalue weighted by Gasteiger charge is -2.17. The van der Waals surface area contributed by atoms with Crippen LogP contribution in [0.3, 0.4) is 0 Å². The Morgan fingerprint density at radius 3 is 2.41 bits per heavy atom. The molecule has 0 aromatic carbocycles. The highest BCUT2D eigenvalue weighted by molar-refractivity contribution is 5.56. The fourth-order valence-electron chi connectivity index (χ4n) is 1.16. The summed E-state index contributed by atoms with van der Waals surface area (Å²) in [4.78, 5) is 7.55. The molecule has 0 spiro atoms. The van der Waals surface area contributed by atoms with E-state index in [0.717, 1.165) is 6.33 Å². The minimum Gasteiger partial charge on any atom is -0.373 e. The molecule has 0 fully saturated rings. The van der Waals surface area contributed by atoms with Gasteiger partial charge in [-0.15, -0.1) is 0 Å². The summed E-state index contributed by atoms with van der Waals surface area (Å²) in [6.45, 7) is 0.417. The van der Waals surface area contributed by atoms with E-state index in [4.69, 9.17) is 0 Å². The monoisotopic (exact) mass is 252 g/mol. The van der Waals surface area contributed by atoms with Crippen molar-refractivity contribution in [3.63, 3.8) is 0 Å². The van der Waals surface area contributed by atoms with Gasteiger partial charge in [0.15, 0.2) is 0 Å². The predicted molar refractivity (Wildman–Crippen MR) is 55.8 cm³/mol. The summed E-state index contributed by atoms with van der Waals surface area (Å²) in [5, 5.41) is 4.92. The van der Waals surface area contributed by atoms with E-state index < -0.39 is 18.9 Å². The first-order chi connectivity index (χ1) is 7.88. The molecule has 0 radical (unpaired) electrons. The van der Waals surface area contributed by atoms with Gasteiger partial charge >= 0.3 is 12.3 Å². The molecule has 17 heavy (non-hydrogen) atoms. The maximum absolute atomic E-state index is 12.7. The quantitative estimate of drug-likeness (QED) is 0.788. The topological polar surface area (TPSA) is 49.8 Å². The fraction of sp³-hybridized carbons (Fsp3) is 0.556. The van der Waals surface area contributed by atoms with Gasteiger partial charge in [-0.05, 0) is 6.92 Å². The van der Waals surface area contributed by atoms with Crippen molar-refractivity contribution >= 4 is 11.6 Å². The summed E-state index contributed by atoms with van der Waals surface area (Å²) in [6.07, 6.45) is -2.55. The van der Waals surface area contributed by atoms with Gasteiger partial charge in [-0.3, -0.25) is 0 Å².